The second kappa shape index (κ2) is 4.72. The Morgan fingerprint density at radius 2 is 1.47 bits per heavy atom. The maximum atomic E-state index is 13.4. The van der Waals surface area contributed by atoms with Crippen LogP contribution in [0.2, 0.25) is 0 Å². The van der Waals surface area contributed by atoms with E-state index in [0.717, 1.165) is 18.2 Å². The second-order valence-electron chi connectivity index (χ2n) is 3.81. The summed E-state index contributed by atoms with van der Waals surface area (Å²) >= 11 is 0. The number of nitrogen functional groups attached to an aromatic ring is 1. The molecule has 2 rings (SSSR count). The minimum atomic E-state index is -1.33. The predicted molar refractivity (Wildman–Crippen MR) is 60.6 cm³/mol. The van der Waals surface area contributed by atoms with E-state index >= 15 is 0 Å². The molecule has 0 aromatic heterocycles. The highest BCUT2D eigenvalue weighted by atomic mass is 19.1. The standard InChI is InChI=1S/C13H7F4NO/c14-7-4-9(16)12(10(17)5-7)13(19)6-1-2-8(15)11(18)3-6/h1-5H,18H2. The summed E-state index contributed by atoms with van der Waals surface area (Å²) in [7, 11) is 0. The van der Waals surface area contributed by atoms with E-state index in [1.54, 1.807) is 0 Å². The van der Waals surface area contributed by atoms with E-state index in [9.17, 15) is 22.4 Å². The molecule has 0 saturated heterocycles. The molecule has 0 amide bonds. The fraction of sp³-hybridized carbons (Fsp3) is 0. The zero-order chi connectivity index (χ0) is 14.2. The maximum Gasteiger partial charge on any atom is 0.199 e. The van der Waals surface area contributed by atoms with E-state index in [1.807, 2.05) is 0 Å². The van der Waals surface area contributed by atoms with E-state index in [2.05, 4.69) is 0 Å². The lowest BCUT2D eigenvalue weighted by Crippen LogP contribution is -2.09. The summed E-state index contributed by atoms with van der Waals surface area (Å²) < 4.78 is 52.5. The normalized spacial score (nSPS) is 10.5. The molecule has 0 bridgehead atoms. The van der Waals surface area contributed by atoms with Crippen molar-refractivity contribution >= 4 is 11.5 Å². The molecule has 0 fully saturated rings. The summed E-state index contributed by atoms with van der Waals surface area (Å²) in [5, 5.41) is 0. The average molecular weight is 269 g/mol. The minimum absolute atomic E-state index is 0.191. The van der Waals surface area contributed by atoms with Crippen LogP contribution in [0, 0.1) is 23.3 Å². The number of carbonyl (C=O) groups excluding carboxylic acids is 1. The van der Waals surface area contributed by atoms with Gasteiger partial charge < -0.3 is 5.73 Å². The third kappa shape index (κ3) is 2.42. The summed E-state index contributed by atoms with van der Waals surface area (Å²) in [5.41, 5.74) is 3.84. The Hall–Kier alpha value is -2.37. The van der Waals surface area contributed by atoms with E-state index in [1.165, 1.54) is 0 Å². The van der Waals surface area contributed by atoms with Gasteiger partial charge in [-0.15, -0.1) is 0 Å². The van der Waals surface area contributed by atoms with Gasteiger partial charge in [-0.3, -0.25) is 4.79 Å². The first-order valence-electron chi connectivity index (χ1n) is 5.14. The van der Waals surface area contributed by atoms with Crippen molar-refractivity contribution in [1.82, 2.24) is 0 Å². The Labute approximate surface area is 105 Å². The lowest BCUT2D eigenvalue weighted by molar-refractivity contribution is 0.103. The van der Waals surface area contributed by atoms with Gasteiger partial charge in [0.25, 0.3) is 0 Å². The fourth-order valence-corrected chi connectivity index (χ4v) is 1.59. The number of rotatable bonds is 2. The zero-order valence-corrected chi connectivity index (χ0v) is 9.38. The summed E-state index contributed by atoms with van der Waals surface area (Å²) in [4.78, 5) is 11.9. The first-order chi connectivity index (χ1) is 8.90. The van der Waals surface area contributed by atoms with Gasteiger partial charge in [-0.2, -0.15) is 0 Å². The van der Waals surface area contributed by atoms with E-state index in [-0.39, 0.29) is 11.3 Å². The van der Waals surface area contributed by atoms with Crippen LogP contribution in [0.5, 0.6) is 0 Å². The SMILES string of the molecule is Nc1cc(C(=O)c2c(F)cc(F)cc2F)ccc1F. The van der Waals surface area contributed by atoms with Crippen molar-refractivity contribution in [2.75, 3.05) is 5.73 Å². The number of anilines is 1. The van der Waals surface area contributed by atoms with Gasteiger partial charge in [0.1, 0.15) is 23.3 Å². The first-order valence-corrected chi connectivity index (χ1v) is 5.14. The summed E-state index contributed by atoms with van der Waals surface area (Å²) in [6.45, 7) is 0. The molecule has 2 aromatic rings. The molecule has 2 N–H and O–H groups in total. The van der Waals surface area contributed by atoms with Crippen molar-refractivity contribution in [2.45, 2.75) is 0 Å². The molecule has 0 aliphatic carbocycles. The van der Waals surface area contributed by atoms with E-state index in [0.29, 0.717) is 12.1 Å². The van der Waals surface area contributed by atoms with E-state index in [4.69, 9.17) is 5.73 Å². The van der Waals surface area contributed by atoms with Crippen molar-refractivity contribution in [3.63, 3.8) is 0 Å². The largest absolute Gasteiger partial charge is 0.396 e. The monoisotopic (exact) mass is 269 g/mol. The van der Waals surface area contributed by atoms with Crippen LogP contribution in [0.4, 0.5) is 23.2 Å². The molecule has 0 saturated carbocycles. The molecule has 0 aliphatic heterocycles. The highest BCUT2D eigenvalue weighted by Gasteiger charge is 2.21. The fourth-order valence-electron chi connectivity index (χ4n) is 1.59. The number of nitrogens with two attached hydrogens (primary N) is 1. The maximum absolute atomic E-state index is 13.4. The smallest absolute Gasteiger partial charge is 0.199 e. The predicted octanol–water partition coefficient (Wildman–Crippen LogP) is 3.06. The molecule has 2 nitrogen and oxygen atoms in total. The molecule has 2 aromatic carbocycles. The Kier molecular flexibility index (Phi) is 3.25. The molecule has 0 spiro atoms. The molecular formula is C13H7F4NO. The quantitative estimate of drug-likeness (QED) is 0.517. The van der Waals surface area contributed by atoms with E-state index < -0.39 is 34.6 Å². The number of ketones is 1. The van der Waals surface area contributed by atoms with Gasteiger partial charge in [-0.1, -0.05) is 0 Å². The number of hydrogen-bond acceptors (Lipinski definition) is 2. The Morgan fingerprint density at radius 3 is 2.00 bits per heavy atom. The van der Waals surface area contributed by atoms with Crippen LogP contribution < -0.4 is 5.73 Å². The van der Waals surface area contributed by atoms with Crippen LogP contribution in [-0.4, -0.2) is 5.78 Å². The molecular weight excluding hydrogens is 262 g/mol. The highest BCUT2D eigenvalue weighted by molar-refractivity contribution is 6.09. The van der Waals surface area contributed by atoms with Crippen molar-refractivity contribution in [3.05, 3.63) is 64.7 Å². The van der Waals surface area contributed by atoms with Crippen molar-refractivity contribution in [1.29, 1.82) is 0 Å². The topological polar surface area (TPSA) is 43.1 Å². The molecule has 19 heavy (non-hydrogen) atoms. The van der Waals surface area contributed by atoms with Gasteiger partial charge in [0, 0.05) is 17.7 Å². The van der Waals surface area contributed by atoms with Crippen LogP contribution in [-0.2, 0) is 0 Å². The Morgan fingerprint density at radius 1 is 0.895 bits per heavy atom. The number of hydrogen-bond donors (Lipinski definition) is 1. The van der Waals surface area contributed by atoms with Gasteiger partial charge in [-0.05, 0) is 18.2 Å². The number of halogens is 4. The van der Waals surface area contributed by atoms with Crippen molar-refractivity contribution < 1.29 is 22.4 Å². The second-order valence-corrected chi connectivity index (χ2v) is 3.81. The third-order valence-electron chi connectivity index (χ3n) is 2.49. The number of carbonyl (C=O) groups is 1. The first kappa shape index (κ1) is 13.1. The summed E-state index contributed by atoms with van der Waals surface area (Å²) in [6.07, 6.45) is 0. The highest BCUT2D eigenvalue weighted by Crippen LogP contribution is 2.21. The molecule has 0 unspecified atom stereocenters. The minimum Gasteiger partial charge on any atom is -0.396 e. The van der Waals surface area contributed by atoms with Crippen LogP contribution in [0.15, 0.2) is 30.3 Å². The molecule has 98 valence electrons. The van der Waals surface area contributed by atoms with Crippen molar-refractivity contribution in [2.24, 2.45) is 0 Å². The molecule has 0 radical (unpaired) electrons. The summed E-state index contributed by atoms with van der Waals surface area (Å²) in [6, 6.07) is 3.68. The van der Waals surface area contributed by atoms with Crippen LogP contribution >= 0.6 is 0 Å². The van der Waals surface area contributed by atoms with Crippen LogP contribution in [0.1, 0.15) is 15.9 Å². The van der Waals surface area contributed by atoms with Gasteiger partial charge in [0.05, 0.1) is 11.3 Å². The summed E-state index contributed by atoms with van der Waals surface area (Å²) in [5.74, 6) is -5.58. The van der Waals surface area contributed by atoms with Gasteiger partial charge >= 0.3 is 0 Å². The van der Waals surface area contributed by atoms with Crippen LogP contribution in [0.3, 0.4) is 0 Å². The average Bonchev–Trinajstić information content (AvgIpc) is 2.31. The molecule has 0 atom stereocenters. The third-order valence-corrected chi connectivity index (χ3v) is 2.49. The lowest BCUT2D eigenvalue weighted by Gasteiger charge is -2.06. The number of benzene rings is 2. The zero-order valence-electron chi connectivity index (χ0n) is 9.38. The van der Waals surface area contributed by atoms with Gasteiger partial charge in [0.15, 0.2) is 5.78 Å². The van der Waals surface area contributed by atoms with Gasteiger partial charge in [0.2, 0.25) is 0 Å². The Bertz CT molecular complexity index is 647. The van der Waals surface area contributed by atoms with Crippen molar-refractivity contribution in [3.8, 4) is 0 Å². The van der Waals surface area contributed by atoms with Crippen LogP contribution in [0.25, 0.3) is 0 Å². The molecule has 0 aliphatic rings. The van der Waals surface area contributed by atoms with Gasteiger partial charge in [-0.25, -0.2) is 17.6 Å². The molecule has 0 heterocycles. The lowest BCUT2D eigenvalue weighted by atomic mass is 10.0. The molecule has 6 heteroatoms. The Balaban J connectivity index is 2.53.